The van der Waals surface area contributed by atoms with Gasteiger partial charge < -0.3 is 16.0 Å². The molecule has 15 heavy (non-hydrogen) atoms. The maximum Gasteiger partial charge on any atom is 0.317 e. The molecule has 86 valence electrons. The first-order valence-electron chi connectivity index (χ1n) is 5.92. The smallest absolute Gasteiger partial charge is 0.317 e. The Morgan fingerprint density at radius 2 is 2.07 bits per heavy atom. The zero-order chi connectivity index (χ0) is 10.9. The van der Waals surface area contributed by atoms with Gasteiger partial charge in [-0.2, -0.15) is 0 Å². The molecule has 3 N–H and O–H groups in total. The molecule has 2 fully saturated rings. The van der Waals surface area contributed by atoms with E-state index in [4.69, 9.17) is 5.73 Å². The van der Waals surface area contributed by atoms with Crippen molar-refractivity contribution in [1.29, 1.82) is 0 Å². The van der Waals surface area contributed by atoms with E-state index in [-0.39, 0.29) is 11.6 Å². The lowest BCUT2D eigenvalue weighted by atomic mass is 9.98. The summed E-state index contributed by atoms with van der Waals surface area (Å²) in [6, 6.07) is 0.533. The highest BCUT2D eigenvalue weighted by molar-refractivity contribution is 5.75. The highest BCUT2D eigenvalue weighted by Gasteiger charge is 2.37. The van der Waals surface area contributed by atoms with Crippen LogP contribution in [0.5, 0.6) is 0 Å². The van der Waals surface area contributed by atoms with Gasteiger partial charge in [0.1, 0.15) is 0 Å². The molecule has 2 saturated carbocycles. The van der Waals surface area contributed by atoms with Gasteiger partial charge in [0.05, 0.1) is 5.54 Å². The van der Waals surface area contributed by atoms with Gasteiger partial charge in [0.15, 0.2) is 0 Å². The second-order valence-electron chi connectivity index (χ2n) is 4.96. The number of nitrogens with one attached hydrogen (secondary N) is 1. The summed E-state index contributed by atoms with van der Waals surface area (Å²) in [4.78, 5) is 13.7. The van der Waals surface area contributed by atoms with Crippen LogP contribution in [0.15, 0.2) is 0 Å². The summed E-state index contributed by atoms with van der Waals surface area (Å²) in [5.74, 6) is 0. The number of carbonyl (C=O) groups is 1. The van der Waals surface area contributed by atoms with E-state index in [2.05, 4.69) is 5.32 Å². The molecule has 0 bridgehead atoms. The third-order valence-electron chi connectivity index (χ3n) is 3.74. The van der Waals surface area contributed by atoms with Crippen molar-refractivity contribution in [2.75, 3.05) is 13.6 Å². The maximum absolute atomic E-state index is 11.9. The van der Waals surface area contributed by atoms with Crippen LogP contribution in [-0.4, -0.2) is 36.1 Å². The molecule has 0 aromatic carbocycles. The van der Waals surface area contributed by atoms with E-state index in [0.717, 1.165) is 25.7 Å². The van der Waals surface area contributed by atoms with Gasteiger partial charge in [-0.25, -0.2) is 4.79 Å². The van der Waals surface area contributed by atoms with E-state index in [1.54, 1.807) is 0 Å². The second kappa shape index (κ2) is 4.00. The fourth-order valence-corrected chi connectivity index (χ4v) is 2.37. The molecule has 2 aliphatic rings. The van der Waals surface area contributed by atoms with Crippen LogP contribution in [0.2, 0.25) is 0 Å². The summed E-state index contributed by atoms with van der Waals surface area (Å²) in [6.45, 7) is 0.567. The SMILES string of the molecule is CN(C(=O)NC1(CN)CCCC1)C1CC1. The summed E-state index contributed by atoms with van der Waals surface area (Å²) >= 11 is 0. The van der Waals surface area contributed by atoms with Gasteiger partial charge in [-0.05, 0) is 25.7 Å². The molecule has 2 amide bonds. The Kier molecular flexibility index (Phi) is 2.87. The average molecular weight is 211 g/mol. The van der Waals surface area contributed by atoms with E-state index in [0.29, 0.717) is 12.6 Å². The fraction of sp³-hybridized carbons (Fsp3) is 0.909. The lowest BCUT2D eigenvalue weighted by Gasteiger charge is -2.31. The van der Waals surface area contributed by atoms with Crippen LogP contribution in [-0.2, 0) is 0 Å². The van der Waals surface area contributed by atoms with Crippen LogP contribution in [0.25, 0.3) is 0 Å². The number of rotatable bonds is 3. The number of hydrogen-bond acceptors (Lipinski definition) is 2. The summed E-state index contributed by atoms with van der Waals surface area (Å²) in [5, 5.41) is 3.13. The minimum Gasteiger partial charge on any atom is -0.331 e. The van der Waals surface area contributed by atoms with Crippen molar-refractivity contribution in [1.82, 2.24) is 10.2 Å². The van der Waals surface area contributed by atoms with Gasteiger partial charge in [-0.3, -0.25) is 0 Å². The summed E-state index contributed by atoms with van der Waals surface area (Å²) < 4.78 is 0. The average Bonchev–Trinajstić information content (AvgIpc) is 2.99. The van der Waals surface area contributed by atoms with Crippen LogP contribution >= 0.6 is 0 Å². The Bertz CT molecular complexity index is 244. The third kappa shape index (κ3) is 2.25. The van der Waals surface area contributed by atoms with Crippen LogP contribution in [0.4, 0.5) is 4.79 Å². The first kappa shape index (κ1) is 10.7. The summed E-state index contributed by atoms with van der Waals surface area (Å²) in [6.07, 6.45) is 6.75. The van der Waals surface area contributed by atoms with Crippen molar-refractivity contribution in [3.8, 4) is 0 Å². The molecule has 4 heteroatoms. The van der Waals surface area contributed by atoms with Gasteiger partial charge in [0, 0.05) is 19.6 Å². The normalized spacial score (nSPS) is 23.9. The zero-order valence-electron chi connectivity index (χ0n) is 9.46. The molecule has 0 aliphatic heterocycles. The van der Waals surface area contributed by atoms with Crippen LogP contribution in [0, 0.1) is 0 Å². The Hall–Kier alpha value is -0.770. The molecule has 0 heterocycles. The predicted molar refractivity (Wildman–Crippen MR) is 59.6 cm³/mol. The molecule has 2 aliphatic carbocycles. The number of amides is 2. The van der Waals surface area contributed by atoms with Crippen molar-refractivity contribution in [2.24, 2.45) is 5.73 Å². The number of carbonyl (C=O) groups excluding carboxylic acids is 1. The van der Waals surface area contributed by atoms with Crippen LogP contribution < -0.4 is 11.1 Å². The quantitative estimate of drug-likeness (QED) is 0.733. The zero-order valence-corrected chi connectivity index (χ0v) is 9.46. The topological polar surface area (TPSA) is 58.4 Å². The van der Waals surface area contributed by atoms with E-state index in [1.807, 2.05) is 11.9 Å². The van der Waals surface area contributed by atoms with Gasteiger partial charge >= 0.3 is 6.03 Å². The molecule has 0 aromatic rings. The Labute approximate surface area is 91.2 Å². The molecule has 0 saturated heterocycles. The van der Waals surface area contributed by atoms with E-state index < -0.39 is 0 Å². The highest BCUT2D eigenvalue weighted by atomic mass is 16.2. The molecule has 0 aromatic heterocycles. The van der Waals surface area contributed by atoms with Gasteiger partial charge in [0.2, 0.25) is 0 Å². The molecule has 0 atom stereocenters. The third-order valence-corrected chi connectivity index (χ3v) is 3.74. The first-order valence-corrected chi connectivity index (χ1v) is 5.92. The molecular formula is C11H21N3O. The van der Waals surface area contributed by atoms with Crippen LogP contribution in [0.3, 0.4) is 0 Å². The summed E-state index contributed by atoms with van der Waals surface area (Å²) in [7, 11) is 1.88. The molecule has 0 spiro atoms. The van der Waals surface area contributed by atoms with Crippen molar-refractivity contribution < 1.29 is 4.79 Å². The number of nitrogens with two attached hydrogens (primary N) is 1. The second-order valence-corrected chi connectivity index (χ2v) is 4.96. The van der Waals surface area contributed by atoms with E-state index >= 15 is 0 Å². The standard InChI is InChI=1S/C11H21N3O/c1-14(9-4-5-9)10(15)13-11(8-12)6-2-3-7-11/h9H,2-8,12H2,1H3,(H,13,15). The predicted octanol–water partition coefficient (Wildman–Crippen LogP) is 1.06. The van der Waals surface area contributed by atoms with Crippen molar-refractivity contribution in [3.63, 3.8) is 0 Å². The Balaban J connectivity index is 1.90. The van der Waals surface area contributed by atoms with E-state index in [1.165, 1.54) is 12.8 Å². The minimum absolute atomic E-state index is 0.0600. The van der Waals surface area contributed by atoms with E-state index in [9.17, 15) is 4.79 Å². The molecule has 4 nitrogen and oxygen atoms in total. The Morgan fingerprint density at radius 3 is 2.53 bits per heavy atom. The van der Waals surface area contributed by atoms with Gasteiger partial charge in [0.25, 0.3) is 0 Å². The van der Waals surface area contributed by atoms with Gasteiger partial charge in [-0.15, -0.1) is 0 Å². The lowest BCUT2D eigenvalue weighted by molar-refractivity contribution is 0.191. The fourth-order valence-electron chi connectivity index (χ4n) is 2.37. The number of nitrogens with zero attached hydrogens (tertiary/aromatic N) is 1. The number of urea groups is 1. The van der Waals surface area contributed by atoms with Crippen molar-refractivity contribution >= 4 is 6.03 Å². The lowest BCUT2D eigenvalue weighted by Crippen LogP contribution is -2.55. The van der Waals surface area contributed by atoms with Crippen molar-refractivity contribution in [2.45, 2.75) is 50.1 Å². The minimum atomic E-state index is -0.111. The van der Waals surface area contributed by atoms with Crippen LogP contribution in [0.1, 0.15) is 38.5 Å². The molecule has 0 radical (unpaired) electrons. The number of hydrogen-bond donors (Lipinski definition) is 2. The Morgan fingerprint density at radius 1 is 1.47 bits per heavy atom. The van der Waals surface area contributed by atoms with Crippen molar-refractivity contribution in [3.05, 3.63) is 0 Å². The van der Waals surface area contributed by atoms with Gasteiger partial charge in [-0.1, -0.05) is 12.8 Å². The first-order chi connectivity index (χ1) is 7.17. The summed E-state index contributed by atoms with van der Waals surface area (Å²) in [5.41, 5.74) is 5.66. The largest absolute Gasteiger partial charge is 0.331 e. The molecular weight excluding hydrogens is 190 g/mol. The molecule has 0 unspecified atom stereocenters. The monoisotopic (exact) mass is 211 g/mol. The maximum atomic E-state index is 11.9. The highest BCUT2D eigenvalue weighted by Crippen LogP contribution is 2.30. The molecule has 2 rings (SSSR count).